The number of hydrogen-bond donors (Lipinski definition) is 1. The molecule has 6 nitrogen and oxygen atoms in total. The van der Waals surface area contributed by atoms with Gasteiger partial charge in [-0.15, -0.1) is 0 Å². The summed E-state index contributed by atoms with van der Waals surface area (Å²) in [4.78, 5) is 0. The number of nitriles is 3. The normalized spacial score (nSPS) is 35.4. The van der Waals surface area contributed by atoms with E-state index in [1.54, 1.807) is 0 Å². The Bertz CT molecular complexity index is 895. The second kappa shape index (κ2) is 6.62. The molecule has 3 fully saturated rings. The van der Waals surface area contributed by atoms with E-state index in [9.17, 15) is 15.8 Å². The standard InChI is InChI=1S/C22H22N4O2/c23-13-20(14-24)18(11-10-16-7-3-1-4-8-16)27-22-12-6-2-5-9-17(22)21(20,15-25)19(26)28-22/h1,3-4,7-8,17-18,26H,2,5-6,9-12H2. The molecule has 1 aliphatic carbocycles. The molecule has 4 rings (SSSR count). The summed E-state index contributed by atoms with van der Waals surface area (Å²) < 4.78 is 12.3. The Morgan fingerprint density at radius 1 is 1.04 bits per heavy atom. The minimum atomic E-state index is -1.76. The molecule has 28 heavy (non-hydrogen) atoms. The molecule has 4 atom stereocenters. The topological polar surface area (TPSA) is 114 Å². The van der Waals surface area contributed by atoms with Crippen molar-refractivity contribution in [2.24, 2.45) is 16.7 Å². The largest absolute Gasteiger partial charge is 0.447 e. The summed E-state index contributed by atoms with van der Waals surface area (Å²) in [6.07, 6.45) is 4.18. The van der Waals surface area contributed by atoms with Gasteiger partial charge in [-0.25, -0.2) is 0 Å². The molecule has 0 spiro atoms. The van der Waals surface area contributed by atoms with E-state index in [2.05, 4.69) is 18.2 Å². The van der Waals surface area contributed by atoms with Crippen molar-refractivity contribution in [3.63, 3.8) is 0 Å². The average molecular weight is 374 g/mol. The Labute approximate surface area is 164 Å². The average Bonchev–Trinajstić information content (AvgIpc) is 2.85. The van der Waals surface area contributed by atoms with E-state index < -0.39 is 28.6 Å². The quantitative estimate of drug-likeness (QED) is 0.863. The molecular formula is C22H22N4O2. The Kier molecular flexibility index (Phi) is 4.37. The van der Waals surface area contributed by atoms with E-state index in [4.69, 9.17) is 14.9 Å². The first-order chi connectivity index (χ1) is 13.6. The van der Waals surface area contributed by atoms with Gasteiger partial charge in [-0.05, 0) is 31.2 Å². The summed E-state index contributed by atoms with van der Waals surface area (Å²) in [7, 11) is 0. The maximum Gasteiger partial charge on any atom is 0.217 e. The molecule has 6 heteroatoms. The number of benzene rings is 1. The second-order valence-corrected chi connectivity index (χ2v) is 7.98. The predicted molar refractivity (Wildman–Crippen MR) is 99.5 cm³/mol. The fourth-order valence-electron chi connectivity index (χ4n) is 5.35. The van der Waals surface area contributed by atoms with E-state index in [0.717, 1.165) is 24.8 Å². The fraction of sp³-hybridized carbons (Fsp3) is 0.545. The van der Waals surface area contributed by atoms with Crippen LogP contribution >= 0.6 is 0 Å². The lowest BCUT2D eigenvalue weighted by molar-refractivity contribution is -0.282. The van der Waals surface area contributed by atoms with Gasteiger partial charge in [0.2, 0.25) is 11.7 Å². The van der Waals surface area contributed by atoms with Gasteiger partial charge in [-0.2, -0.15) is 15.8 Å². The third-order valence-electron chi connectivity index (χ3n) is 6.72. The number of aryl methyl sites for hydroxylation is 1. The molecule has 2 aliphatic heterocycles. The summed E-state index contributed by atoms with van der Waals surface area (Å²) >= 11 is 0. The zero-order chi connectivity index (χ0) is 19.8. The molecular weight excluding hydrogens is 352 g/mol. The van der Waals surface area contributed by atoms with Gasteiger partial charge in [0.1, 0.15) is 0 Å². The number of nitrogens with zero attached hydrogens (tertiary/aromatic N) is 3. The maximum absolute atomic E-state index is 10.2. The molecule has 4 unspecified atom stereocenters. The fourth-order valence-corrected chi connectivity index (χ4v) is 5.35. The first kappa shape index (κ1) is 18.5. The van der Waals surface area contributed by atoms with Crippen LogP contribution in [0.1, 0.15) is 44.1 Å². The SMILES string of the molecule is N#CC1(C#N)C(CCc2ccccc2)OC23CCCCCC2C1(C#N)C(=N)O3. The summed E-state index contributed by atoms with van der Waals surface area (Å²) in [6.45, 7) is 0. The van der Waals surface area contributed by atoms with Crippen molar-refractivity contribution in [3.8, 4) is 18.2 Å². The van der Waals surface area contributed by atoms with Crippen LogP contribution in [0.3, 0.4) is 0 Å². The van der Waals surface area contributed by atoms with Crippen LogP contribution in [0.2, 0.25) is 0 Å². The van der Waals surface area contributed by atoms with Crippen molar-refractivity contribution in [1.82, 2.24) is 0 Å². The van der Waals surface area contributed by atoms with Gasteiger partial charge in [-0.3, -0.25) is 5.41 Å². The summed E-state index contributed by atoms with van der Waals surface area (Å²) in [5.74, 6) is -1.80. The maximum atomic E-state index is 10.2. The van der Waals surface area contributed by atoms with Crippen LogP contribution in [-0.2, 0) is 15.9 Å². The zero-order valence-corrected chi connectivity index (χ0v) is 15.6. The predicted octanol–water partition coefficient (Wildman–Crippen LogP) is 3.85. The van der Waals surface area contributed by atoms with Crippen LogP contribution in [-0.4, -0.2) is 17.8 Å². The van der Waals surface area contributed by atoms with Crippen LogP contribution in [0.15, 0.2) is 30.3 Å². The molecule has 1 aromatic carbocycles. The van der Waals surface area contributed by atoms with Crippen molar-refractivity contribution in [3.05, 3.63) is 35.9 Å². The minimum Gasteiger partial charge on any atom is -0.447 e. The van der Waals surface area contributed by atoms with Gasteiger partial charge in [0.05, 0.1) is 30.2 Å². The highest BCUT2D eigenvalue weighted by atomic mass is 16.7. The minimum absolute atomic E-state index is 0.271. The Morgan fingerprint density at radius 3 is 2.46 bits per heavy atom. The Morgan fingerprint density at radius 2 is 1.79 bits per heavy atom. The molecule has 2 bridgehead atoms. The highest BCUT2D eigenvalue weighted by Crippen LogP contribution is 2.66. The van der Waals surface area contributed by atoms with Crippen molar-refractivity contribution < 1.29 is 9.47 Å². The third-order valence-corrected chi connectivity index (χ3v) is 6.72. The van der Waals surface area contributed by atoms with Crippen LogP contribution in [0, 0.1) is 56.2 Å². The Hall–Kier alpha value is -2.88. The van der Waals surface area contributed by atoms with Crippen LogP contribution < -0.4 is 0 Å². The molecule has 2 saturated heterocycles. The molecule has 2 heterocycles. The van der Waals surface area contributed by atoms with E-state index >= 15 is 0 Å². The molecule has 1 N–H and O–H groups in total. The zero-order valence-electron chi connectivity index (χ0n) is 15.6. The smallest absolute Gasteiger partial charge is 0.217 e. The lowest BCUT2D eigenvalue weighted by Crippen LogP contribution is -2.62. The number of hydrogen-bond acceptors (Lipinski definition) is 6. The lowest BCUT2D eigenvalue weighted by Gasteiger charge is -2.49. The van der Waals surface area contributed by atoms with E-state index in [1.165, 1.54) is 0 Å². The van der Waals surface area contributed by atoms with Crippen LogP contribution in [0.5, 0.6) is 0 Å². The van der Waals surface area contributed by atoms with Crippen LogP contribution in [0.25, 0.3) is 0 Å². The first-order valence-electron chi connectivity index (χ1n) is 9.82. The van der Waals surface area contributed by atoms with Gasteiger partial charge >= 0.3 is 0 Å². The van der Waals surface area contributed by atoms with Crippen molar-refractivity contribution in [1.29, 1.82) is 21.2 Å². The molecule has 142 valence electrons. The molecule has 0 radical (unpaired) electrons. The summed E-state index contributed by atoms with van der Waals surface area (Å²) in [6, 6.07) is 16.3. The van der Waals surface area contributed by atoms with Gasteiger partial charge < -0.3 is 9.47 Å². The van der Waals surface area contributed by atoms with Gasteiger partial charge in [-0.1, -0.05) is 43.2 Å². The number of ether oxygens (including phenoxy) is 2. The van der Waals surface area contributed by atoms with E-state index in [-0.39, 0.29) is 5.90 Å². The van der Waals surface area contributed by atoms with Gasteiger partial charge in [0.15, 0.2) is 10.8 Å². The molecule has 0 aromatic heterocycles. The second-order valence-electron chi connectivity index (χ2n) is 7.98. The summed E-state index contributed by atoms with van der Waals surface area (Å²) in [5.41, 5.74) is -2.27. The number of nitrogens with one attached hydrogen (secondary N) is 1. The first-order valence-corrected chi connectivity index (χ1v) is 9.82. The monoisotopic (exact) mass is 374 g/mol. The molecule has 1 saturated carbocycles. The van der Waals surface area contributed by atoms with Crippen LogP contribution in [0.4, 0.5) is 0 Å². The van der Waals surface area contributed by atoms with Crippen molar-refractivity contribution >= 4 is 5.90 Å². The molecule has 1 aromatic rings. The van der Waals surface area contributed by atoms with E-state index in [1.807, 2.05) is 30.3 Å². The highest BCUT2D eigenvalue weighted by Gasteiger charge is 2.79. The molecule has 3 aliphatic rings. The van der Waals surface area contributed by atoms with Crippen molar-refractivity contribution in [2.75, 3.05) is 0 Å². The number of rotatable bonds is 3. The van der Waals surface area contributed by atoms with E-state index in [0.29, 0.717) is 25.7 Å². The molecule has 0 amide bonds. The van der Waals surface area contributed by atoms with Crippen molar-refractivity contribution in [2.45, 2.75) is 56.8 Å². The third kappa shape index (κ3) is 2.24. The highest BCUT2D eigenvalue weighted by molar-refractivity contribution is 5.89. The summed E-state index contributed by atoms with van der Waals surface area (Å²) in [5, 5.41) is 39.0. The van der Waals surface area contributed by atoms with Gasteiger partial charge in [0.25, 0.3) is 0 Å². The Balaban J connectivity index is 1.80. The lowest BCUT2D eigenvalue weighted by atomic mass is 9.53. The van der Waals surface area contributed by atoms with Gasteiger partial charge in [0, 0.05) is 6.42 Å².